The van der Waals surface area contributed by atoms with Gasteiger partial charge in [0, 0.05) is 12.2 Å². The summed E-state index contributed by atoms with van der Waals surface area (Å²) in [6.07, 6.45) is 1.50. The zero-order valence-corrected chi connectivity index (χ0v) is 9.90. The summed E-state index contributed by atoms with van der Waals surface area (Å²) in [6.45, 7) is 2.22. The average Bonchev–Trinajstić information content (AvgIpc) is 2.83. The molecule has 5 heteroatoms. The largest absolute Gasteiger partial charge is 0.348 e. The number of aryl methyl sites for hydroxylation is 1. The van der Waals surface area contributed by atoms with Crippen LogP contribution in [0, 0.1) is 18.3 Å². The van der Waals surface area contributed by atoms with E-state index in [2.05, 4.69) is 15.5 Å². The van der Waals surface area contributed by atoms with Crippen LogP contribution >= 0.6 is 0 Å². The minimum absolute atomic E-state index is 0.161. The van der Waals surface area contributed by atoms with Crippen molar-refractivity contribution in [1.82, 2.24) is 15.5 Å². The molecule has 0 saturated heterocycles. The van der Waals surface area contributed by atoms with Gasteiger partial charge in [0.2, 0.25) is 0 Å². The van der Waals surface area contributed by atoms with Gasteiger partial charge in [-0.1, -0.05) is 12.1 Å². The highest BCUT2D eigenvalue weighted by atomic mass is 16.1. The van der Waals surface area contributed by atoms with Crippen LogP contribution in [0.4, 0.5) is 0 Å². The zero-order chi connectivity index (χ0) is 13.0. The van der Waals surface area contributed by atoms with Gasteiger partial charge in [0.25, 0.3) is 5.91 Å². The summed E-state index contributed by atoms with van der Waals surface area (Å²) in [4.78, 5) is 11.8. The van der Waals surface area contributed by atoms with Crippen LogP contribution in [0.2, 0.25) is 0 Å². The van der Waals surface area contributed by atoms with Crippen molar-refractivity contribution in [3.05, 3.63) is 52.8 Å². The van der Waals surface area contributed by atoms with Crippen LogP contribution in [0.25, 0.3) is 0 Å². The predicted octanol–water partition coefficient (Wildman–Crippen LogP) is 1.52. The van der Waals surface area contributed by atoms with Gasteiger partial charge in [-0.2, -0.15) is 10.4 Å². The van der Waals surface area contributed by atoms with E-state index in [0.717, 1.165) is 11.3 Å². The normalized spacial score (nSPS) is 9.78. The predicted molar refractivity (Wildman–Crippen MR) is 65.7 cm³/mol. The first-order valence-electron chi connectivity index (χ1n) is 5.48. The quantitative estimate of drug-likeness (QED) is 0.853. The number of amides is 1. The van der Waals surface area contributed by atoms with E-state index in [1.807, 2.05) is 18.2 Å². The smallest absolute Gasteiger partial charge is 0.255 e. The van der Waals surface area contributed by atoms with Crippen LogP contribution in [0.1, 0.15) is 27.2 Å². The fraction of sp³-hybridized carbons (Fsp3) is 0.154. The number of benzene rings is 1. The van der Waals surface area contributed by atoms with Gasteiger partial charge >= 0.3 is 0 Å². The monoisotopic (exact) mass is 240 g/mol. The maximum Gasteiger partial charge on any atom is 0.255 e. The topological polar surface area (TPSA) is 81.6 Å². The molecule has 2 aromatic rings. The van der Waals surface area contributed by atoms with Crippen molar-refractivity contribution in [2.24, 2.45) is 0 Å². The van der Waals surface area contributed by atoms with Crippen LogP contribution in [0.3, 0.4) is 0 Å². The van der Waals surface area contributed by atoms with Crippen LogP contribution in [-0.4, -0.2) is 16.1 Å². The molecule has 1 heterocycles. The molecule has 0 aliphatic carbocycles. The second-order valence-electron chi connectivity index (χ2n) is 3.90. The third kappa shape index (κ3) is 2.55. The van der Waals surface area contributed by atoms with Crippen LogP contribution in [0.15, 0.2) is 30.5 Å². The molecule has 0 unspecified atom stereocenters. The molecule has 0 atom stereocenters. The van der Waals surface area contributed by atoms with Gasteiger partial charge in [0.05, 0.1) is 23.4 Å². The Kier molecular flexibility index (Phi) is 3.39. The van der Waals surface area contributed by atoms with E-state index in [-0.39, 0.29) is 5.91 Å². The maximum atomic E-state index is 11.8. The third-order valence-corrected chi connectivity index (χ3v) is 2.61. The Labute approximate surface area is 104 Å². The molecule has 0 aliphatic heterocycles. The Bertz CT molecular complexity index is 592. The van der Waals surface area contributed by atoms with Gasteiger partial charge in [-0.25, -0.2) is 0 Å². The lowest BCUT2D eigenvalue weighted by atomic mass is 10.1. The summed E-state index contributed by atoms with van der Waals surface area (Å²) in [7, 11) is 0. The molecule has 0 fully saturated rings. The van der Waals surface area contributed by atoms with Gasteiger partial charge in [-0.05, 0) is 24.6 Å². The van der Waals surface area contributed by atoms with Crippen molar-refractivity contribution in [3.63, 3.8) is 0 Å². The molecule has 2 rings (SSSR count). The minimum Gasteiger partial charge on any atom is -0.348 e. The van der Waals surface area contributed by atoms with E-state index in [4.69, 9.17) is 5.26 Å². The first kappa shape index (κ1) is 11.9. The zero-order valence-electron chi connectivity index (χ0n) is 9.90. The van der Waals surface area contributed by atoms with Crippen LogP contribution < -0.4 is 5.32 Å². The molecular formula is C13H12N4O. The third-order valence-electron chi connectivity index (χ3n) is 2.61. The number of nitrogens with one attached hydrogen (secondary N) is 2. The molecule has 2 N–H and O–H groups in total. The highest BCUT2D eigenvalue weighted by Crippen LogP contribution is 2.05. The highest BCUT2D eigenvalue weighted by molar-refractivity contribution is 5.94. The number of rotatable bonds is 3. The summed E-state index contributed by atoms with van der Waals surface area (Å²) >= 11 is 0. The van der Waals surface area contributed by atoms with Gasteiger partial charge in [-0.15, -0.1) is 0 Å². The van der Waals surface area contributed by atoms with E-state index in [1.54, 1.807) is 19.1 Å². The lowest BCUT2D eigenvalue weighted by Gasteiger charge is -2.04. The number of hydrogen-bond donors (Lipinski definition) is 2. The first-order valence-corrected chi connectivity index (χ1v) is 5.48. The molecule has 90 valence electrons. The van der Waals surface area contributed by atoms with Gasteiger partial charge < -0.3 is 5.32 Å². The van der Waals surface area contributed by atoms with Crippen molar-refractivity contribution < 1.29 is 4.79 Å². The molecule has 0 saturated carbocycles. The van der Waals surface area contributed by atoms with Crippen LogP contribution in [0.5, 0.6) is 0 Å². The van der Waals surface area contributed by atoms with E-state index in [9.17, 15) is 4.79 Å². The van der Waals surface area contributed by atoms with Crippen molar-refractivity contribution in [3.8, 4) is 6.07 Å². The minimum atomic E-state index is -0.161. The summed E-state index contributed by atoms with van der Waals surface area (Å²) in [5.74, 6) is -0.161. The standard InChI is InChI=1S/C13H12N4O/c1-9-12(8-16-17-9)13(18)15-7-11-4-2-10(6-14)3-5-11/h2-5,8H,7H2,1H3,(H,15,18)(H,16,17). The Morgan fingerprint density at radius 1 is 1.44 bits per heavy atom. The molecule has 0 bridgehead atoms. The first-order chi connectivity index (χ1) is 8.70. The summed E-state index contributed by atoms with van der Waals surface area (Å²) in [5.41, 5.74) is 2.84. The lowest BCUT2D eigenvalue weighted by molar-refractivity contribution is 0.0950. The maximum absolute atomic E-state index is 11.8. The number of H-pyrrole nitrogens is 1. The number of aromatic nitrogens is 2. The van der Waals surface area contributed by atoms with Gasteiger partial charge in [-0.3, -0.25) is 9.89 Å². The molecule has 1 amide bonds. The number of nitrogens with zero attached hydrogens (tertiary/aromatic N) is 2. The number of hydrogen-bond acceptors (Lipinski definition) is 3. The number of carbonyl (C=O) groups is 1. The molecule has 1 aromatic carbocycles. The Hall–Kier alpha value is -2.61. The molecule has 18 heavy (non-hydrogen) atoms. The second kappa shape index (κ2) is 5.15. The summed E-state index contributed by atoms with van der Waals surface area (Å²) < 4.78 is 0. The van der Waals surface area contributed by atoms with Gasteiger partial charge in [0.1, 0.15) is 0 Å². The Morgan fingerprint density at radius 2 is 2.17 bits per heavy atom. The fourth-order valence-electron chi connectivity index (χ4n) is 1.55. The highest BCUT2D eigenvalue weighted by Gasteiger charge is 2.09. The van der Waals surface area contributed by atoms with Crippen molar-refractivity contribution in [1.29, 1.82) is 5.26 Å². The van der Waals surface area contributed by atoms with Crippen molar-refractivity contribution >= 4 is 5.91 Å². The molecular weight excluding hydrogens is 228 g/mol. The average molecular weight is 240 g/mol. The Balaban J connectivity index is 1.97. The van der Waals surface area contributed by atoms with Crippen LogP contribution in [-0.2, 0) is 6.54 Å². The number of carbonyl (C=O) groups excluding carboxylic acids is 1. The molecule has 0 radical (unpaired) electrons. The number of aromatic amines is 1. The second-order valence-corrected chi connectivity index (χ2v) is 3.90. The lowest BCUT2D eigenvalue weighted by Crippen LogP contribution is -2.23. The SMILES string of the molecule is Cc1[nH]ncc1C(=O)NCc1ccc(C#N)cc1. The van der Waals surface area contributed by atoms with Crippen molar-refractivity contribution in [2.45, 2.75) is 13.5 Å². The van der Waals surface area contributed by atoms with E-state index >= 15 is 0 Å². The Morgan fingerprint density at radius 3 is 2.72 bits per heavy atom. The van der Waals surface area contributed by atoms with Crippen molar-refractivity contribution in [2.75, 3.05) is 0 Å². The van der Waals surface area contributed by atoms with E-state index in [1.165, 1.54) is 6.20 Å². The fourth-order valence-corrected chi connectivity index (χ4v) is 1.55. The number of nitriles is 1. The molecule has 5 nitrogen and oxygen atoms in total. The summed E-state index contributed by atoms with van der Waals surface area (Å²) in [6, 6.07) is 9.14. The van der Waals surface area contributed by atoms with E-state index in [0.29, 0.717) is 17.7 Å². The molecule has 0 spiro atoms. The molecule has 1 aromatic heterocycles. The van der Waals surface area contributed by atoms with E-state index < -0.39 is 0 Å². The van der Waals surface area contributed by atoms with Gasteiger partial charge in [0.15, 0.2) is 0 Å². The summed E-state index contributed by atoms with van der Waals surface area (Å²) in [5, 5.41) is 18.0. The molecule has 0 aliphatic rings.